The number of aryl methyl sites for hydroxylation is 1. The Labute approximate surface area is 95.9 Å². The van der Waals surface area contributed by atoms with Crippen molar-refractivity contribution in [2.24, 2.45) is 7.05 Å². The standard InChI is InChI=1S/C9H12BrN3O2/c1-13-8(9(10)11-12-13)7(14)5-6-3-2-4-15-6/h6H,2-5H2,1H3. The predicted octanol–water partition coefficient (Wildman–Crippen LogP) is 1.33. The van der Waals surface area contributed by atoms with E-state index in [2.05, 4.69) is 26.2 Å². The highest BCUT2D eigenvalue weighted by atomic mass is 79.9. The van der Waals surface area contributed by atoms with E-state index in [0.717, 1.165) is 19.4 Å². The molecule has 2 rings (SSSR count). The highest BCUT2D eigenvalue weighted by Crippen LogP contribution is 2.20. The zero-order valence-corrected chi connectivity index (χ0v) is 10.0. The Bertz CT molecular complexity index is 352. The maximum Gasteiger partial charge on any atom is 0.186 e. The summed E-state index contributed by atoms with van der Waals surface area (Å²) in [5, 5.41) is 7.55. The molecule has 0 saturated carbocycles. The molecule has 2 heterocycles. The van der Waals surface area contributed by atoms with Crippen molar-refractivity contribution in [3.8, 4) is 0 Å². The molecule has 0 aromatic carbocycles. The first-order chi connectivity index (χ1) is 7.18. The van der Waals surface area contributed by atoms with Crippen molar-refractivity contribution in [2.75, 3.05) is 6.61 Å². The lowest BCUT2D eigenvalue weighted by atomic mass is 10.1. The number of Topliss-reactive ketones (excluding diaryl/α,β-unsaturated/α-hetero) is 1. The van der Waals surface area contributed by atoms with Crippen LogP contribution in [0.1, 0.15) is 29.8 Å². The first kappa shape index (κ1) is 10.8. The number of carbonyl (C=O) groups is 1. The number of hydrogen-bond donors (Lipinski definition) is 0. The minimum atomic E-state index is 0.0290. The topological polar surface area (TPSA) is 57.0 Å². The second-order valence-corrected chi connectivity index (χ2v) is 4.37. The minimum Gasteiger partial charge on any atom is -0.378 e. The maximum absolute atomic E-state index is 11.9. The molecule has 6 heteroatoms. The first-order valence-corrected chi connectivity index (χ1v) is 5.67. The van der Waals surface area contributed by atoms with Crippen LogP contribution >= 0.6 is 15.9 Å². The largest absolute Gasteiger partial charge is 0.378 e. The van der Waals surface area contributed by atoms with Crippen molar-refractivity contribution in [1.82, 2.24) is 15.0 Å². The van der Waals surface area contributed by atoms with Crippen molar-refractivity contribution in [3.05, 3.63) is 10.3 Å². The molecule has 0 amide bonds. The highest BCUT2D eigenvalue weighted by molar-refractivity contribution is 9.10. The molecule has 15 heavy (non-hydrogen) atoms. The fourth-order valence-corrected chi connectivity index (χ4v) is 2.28. The van der Waals surface area contributed by atoms with E-state index in [1.54, 1.807) is 7.05 Å². The molecular formula is C9H12BrN3O2. The molecule has 1 aromatic rings. The first-order valence-electron chi connectivity index (χ1n) is 4.88. The van der Waals surface area contributed by atoms with Gasteiger partial charge in [0.15, 0.2) is 10.4 Å². The third kappa shape index (κ3) is 2.26. The van der Waals surface area contributed by atoms with E-state index in [0.29, 0.717) is 16.7 Å². The number of ketones is 1. The number of rotatable bonds is 3. The minimum absolute atomic E-state index is 0.0290. The Balaban J connectivity index is 2.07. The van der Waals surface area contributed by atoms with Crippen LogP contribution in [-0.4, -0.2) is 33.5 Å². The lowest BCUT2D eigenvalue weighted by Crippen LogP contribution is -2.15. The van der Waals surface area contributed by atoms with Crippen molar-refractivity contribution < 1.29 is 9.53 Å². The fourth-order valence-electron chi connectivity index (χ4n) is 1.74. The van der Waals surface area contributed by atoms with Gasteiger partial charge >= 0.3 is 0 Å². The van der Waals surface area contributed by atoms with E-state index in [9.17, 15) is 4.79 Å². The van der Waals surface area contributed by atoms with E-state index in [4.69, 9.17) is 4.74 Å². The molecule has 0 spiro atoms. The Kier molecular flexibility index (Phi) is 3.16. The van der Waals surface area contributed by atoms with Gasteiger partial charge < -0.3 is 4.74 Å². The fraction of sp³-hybridized carbons (Fsp3) is 0.667. The average Bonchev–Trinajstić information content (AvgIpc) is 2.77. The third-order valence-corrected chi connectivity index (χ3v) is 3.02. The van der Waals surface area contributed by atoms with E-state index >= 15 is 0 Å². The lowest BCUT2D eigenvalue weighted by Gasteiger charge is -2.07. The Morgan fingerprint density at radius 3 is 3.07 bits per heavy atom. The summed E-state index contributed by atoms with van der Waals surface area (Å²) >= 11 is 3.21. The normalized spacial score (nSPS) is 20.8. The highest BCUT2D eigenvalue weighted by Gasteiger charge is 2.23. The molecule has 1 saturated heterocycles. The van der Waals surface area contributed by atoms with Crippen molar-refractivity contribution in [3.63, 3.8) is 0 Å². The molecule has 5 nitrogen and oxygen atoms in total. The molecule has 0 radical (unpaired) electrons. The van der Waals surface area contributed by atoms with Crippen LogP contribution in [0.3, 0.4) is 0 Å². The average molecular weight is 274 g/mol. The number of carbonyl (C=O) groups excluding carboxylic acids is 1. The van der Waals surface area contributed by atoms with E-state index < -0.39 is 0 Å². The number of halogens is 1. The zero-order chi connectivity index (χ0) is 10.8. The molecular weight excluding hydrogens is 262 g/mol. The van der Waals surface area contributed by atoms with Gasteiger partial charge in [-0.2, -0.15) is 0 Å². The summed E-state index contributed by atoms with van der Waals surface area (Å²) in [7, 11) is 1.71. The van der Waals surface area contributed by atoms with Gasteiger partial charge in [0.25, 0.3) is 0 Å². The second kappa shape index (κ2) is 4.40. The lowest BCUT2D eigenvalue weighted by molar-refractivity contribution is 0.0767. The summed E-state index contributed by atoms with van der Waals surface area (Å²) in [6.07, 6.45) is 2.50. The predicted molar refractivity (Wildman–Crippen MR) is 56.6 cm³/mol. The van der Waals surface area contributed by atoms with Gasteiger partial charge in [-0.15, -0.1) is 5.10 Å². The van der Waals surface area contributed by atoms with Gasteiger partial charge in [-0.25, -0.2) is 4.68 Å². The van der Waals surface area contributed by atoms with Gasteiger partial charge in [0.1, 0.15) is 5.69 Å². The molecule has 82 valence electrons. The Hall–Kier alpha value is -0.750. The van der Waals surface area contributed by atoms with Crippen molar-refractivity contribution in [2.45, 2.75) is 25.4 Å². The molecule has 1 aromatic heterocycles. The summed E-state index contributed by atoms with van der Waals surface area (Å²) in [4.78, 5) is 11.9. The molecule has 1 fully saturated rings. The second-order valence-electron chi connectivity index (χ2n) is 3.61. The van der Waals surface area contributed by atoms with Gasteiger partial charge in [0.2, 0.25) is 0 Å². The molecule has 1 unspecified atom stereocenters. The summed E-state index contributed by atoms with van der Waals surface area (Å²) in [5.41, 5.74) is 0.519. The van der Waals surface area contributed by atoms with Crippen molar-refractivity contribution in [1.29, 1.82) is 0 Å². The summed E-state index contributed by atoms with van der Waals surface area (Å²) in [6, 6.07) is 0. The van der Waals surface area contributed by atoms with Crippen LogP contribution in [0.4, 0.5) is 0 Å². The van der Waals surface area contributed by atoms with Crippen LogP contribution < -0.4 is 0 Å². The van der Waals surface area contributed by atoms with Gasteiger partial charge in [-0.1, -0.05) is 5.21 Å². The molecule has 1 atom stereocenters. The Morgan fingerprint density at radius 2 is 2.53 bits per heavy atom. The van der Waals surface area contributed by atoms with Crippen LogP contribution in [0.5, 0.6) is 0 Å². The number of nitrogens with zero attached hydrogens (tertiary/aromatic N) is 3. The molecule has 0 aliphatic carbocycles. The smallest absolute Gasteiger partial charge is 0.186 e. The number of aromatic nitrogens is 3. The number of hydrogen-bond acceptors (Lipinski definition) is 4. The summed E-state index contributed by atoms with van der Waals surface area (Å²) in [6.45, 7) is 0.767. The van der Waals surface area contributed by atoms with Crippen LogP contribution in [0.25, 0.3) is 0 Å². The van der Waals surface area contributed by atoms with Gasteiger partial charge in [0, 0.05) is 20.1 Å². The van der Waals surface area contributed by atoms with E-state index in [-0.39, 0.29) is 11.9 Å². The molecule has 0 N–H and O–H groups in total. The maximum atomic E-state index is 11.9. The molecule has 0 bridgehead atoms. The van der Waals surface area contributed by atoms with Gasteiger partial charge in [-0.05, 0) is 28.8 Å². The van der Waals surface area contributed by atoms with Crippen LogP contribution in [0.2, 0.25) is 0 Å². The van der Waals surface area contributed by atoms with Crippen LogP contribution in [0.15, 0.2) is 4.60 Å². The number of ether oxygens (including phenoxy) is 1. The van der Waals surface area contributed by atoms with Crippen LogP contribution in [0, 0.1) is 0 Å². The third-order valence-electron chi connectivity index (χ3n) is 2.49. The van der Waals surface area contributed by atoms with Crippen molar-refractivity contribution >= 4 is 21.7 Å². The van der Waals surface area contributed by atoms with E-state index in [1.807, 2.05) is 0 Å². The summed E-state index contributed by atoms with van der Waals surface area (Å²) < 4.78 is 7.41. The van der Waals surface area contributed by atoms with Crippen LogP contribution in [-0.2, 0) is 11.8 Å². The van der Waals surface area contributed by atoms with E-state index in [1.165, 1.54) is 4.68 Å². The summed E-state index contributed by atoms with van der Waals surface area (Å²) in [5.74, 6) is 0.0290. The Morgan fingerprint density at radius 1 is 1.73 bits per heavy atom. The molecule has 1 aliphatic rings. The SMILES string of the molecule is Cn1nnc(Br)c1C(=O)CC1CCCO1. The monoisotopic (exact) mass is 273 g/mol. The molecule has 1 aliphatic heterocycles. The quantitative estimate of drug-likeness (QED) is 0.780. The van der Waals surface area contributed by atoms with Gasteiger partial charge in [-0.3, -0.25) is 4.79 Å². The van der Waals surface area contributed by atoms with Gasteiger partial charge in [0.05, 0.1) is 6.10 Å². The zero-order valence-electron chi connectivity index (χ0n) is 8.44.